The van der Waals surface area contributed by atoms with Crippen LogP contribution in [0.3, 0.4) is 0 Å². The van der Waals surface area contributed by atoms with E-state index in [1.807, 2.05) is 12.1 Å². The molecule has 100 valence electrons. The van der Waals surface area contributed by atoms with Crippen LogP contribution < -0.4 is 4.90 Å². The van der Waals surface area contributed by atoms with Crippen molar-refractivity contribution in [1.29, 1.82) is 0 Å². The minimum Gasteiger partial charge on any atom is -0.353 e. The van der Waals surface area contributed by atoms with Gasteiger partial charge in [-0.05, 0) is 30.9 Å². The summed E-state index contributed by atoms with van der Waals surface area (Å²) in [5, 5.41) is 0. The van der Waals surface area contributed by atoms with Gasteiger partial charge in [0.05, 0.1) is 0 Å². The van der Waals surface area contributed by atoms with Crippen LogP contribution in [0.2, 0.25) is 0 Å². The van der Waals surface area contributed by atoms with Crippen LogP contribution in [0.25, 0.3) is 0 Å². The molecule has 0 saturated carbocycles. The summed E-state index contributed by atoms with van der Waals surface area (Å²) in [6.07, 6.45) is 4.71. The highest BCUT2D eigenvalue weighted by Crippen LogP contribution is 2.19. The number of anilines is 1. The molecule has 0 N–H and O–H groups in total. The Kier molecular flexibility index (Phi) is 5.83. The Morgan fingerprint density at radius 2 is 1.94 bits per heavy atom. The number of rotatable bonds is 7. The van der Waals surface area contributed by atoms with Crippen molar-refractivity contribution in [2.45, 2.75) is 46.6 Å². The quantitative estimate of drug-likeness (QED) is 0.692. The molecular weight excluding hydrogens is 224 g/mol. The predicted octanol–water partition coefficient (Wildman–Crippen LogP) is 3.55. The maximum absolute atomic E-state index is 10.7. The zero-order valence-corrected chi connectivity index (χ0v) is 11.9. The van der Waals surface area contributed by atoms with E-state index in [9.17, 15) is 4.79 Å². The third kappa shape index (κ3) is 3.83. The number of aldehydes is 1. The van der Waals surface area contributed by atoms with Gasteiger partial charge in [-0.1, -0.05) is 27.7 Å². The Morgan fingerprint density at radius 1 is 1.28 bits per heavy atom. The van der Waals surface area contributed by atoms with E-state index in [4.69, 9.17) is 0 Å². The van der Waals surface area contributed by atoms with E-state index < -0.39 is 0 Å². The number of pyridine rings is 1. The van der Waals surface area contributed by atoms with Crippen molar-refractivity contribution < 1.29 is 4.79 Å². The number of aromatic nitrogens is 1. The number of hydrogen-bond donors (Lipinski definition) is 0. The molecule has 0 unspecified atom stereocenters. The van der Waals surface area contributed by atoms with Gasteiger partial charge in [-0.15, -0.1) is 0 Å². The van der Waals surface area contributed by atoms with Crippen LogP contribution in [0.1, 0.15) is 50.9 Å². The molecule has 1 heterocycles. The third-order valence-electron chi connectivity index (χ3n) is 3.15. The monoisotopic (exact) mass is 248 g/mol. The third-order valence-corrected chi connectivity index (χ3v) is 3.15. The summed E-state index contributed by atoms with van der Waals surface area (Å²) in [7, 11) is 0. The molecule has 1 aromatic rings. The molecule has 0 aliphatic heterocycles. The first kappa shape index (κ1) is 14.7. The van der Waals surface area contributed by atoms with Crippen LogP contribution in [-0.4, -0.2) is 23.9 Å². The average Bonchev–Trinajstić information content (AvgIpc) is 2.38. The van der Waals surface area contributed by atoms with Gasteiger partial charge in [-0.25, -0.2) is 4.98 Å². The van der Waals surface area contributed by atoms with E-state index in [0.717, 1.165) is 31.5 Å². The van der Waals surface area contributed by atoms with Gasteiger partial charge in [0.25, 0.3) is 0 Å². The van der Waals surface area contributed by atoms with E-state index in [1.165, 1.54) is 0 Å². The minimum atomic E-state index is 0.516. The van der Waals surface area contributed by atoms with Crippen molar-refractivity contribution in [3.63, 3.8) is 0 Å². The molecule has 0 radical (unpaired) electrons. The lowest BCUT2D eigenvalue weighted by molar-refractivity contribution is 0.112. The fourth-order valence-corrected chi connectivity index (χ4v) is 2.19. The van der Waals surface area contributed by atoms with Gasteiger partial charge in [-0.2, -0.15) is 0 Å². The molecule has 0 fully saturated rings. The molecule has 0 aliphatic rings. The van der Waals surface area contributed by atoms with Crippen molar-refractivity contribution in [3.05, 3.63) is 23.9 Å². The van der Waals surface area contributed by atoms with Crippen molar-refractivity contribution in [2.24, 2.45) is 5.92 Å². The number of hydrogen-bond acceptors (Lipinski definition) is 3. The summed E-state index contributed by atoms with van der Waals surface area (Å²) in [5.74, 6) is 1.57. The summed E-state index contributed by atoms with van der Waals surface area (Å²) in [4.78, 5) is 17.4. The first-order valence-corrected chi connectivity index (χ1v) is 6.80. The fraction of sp³-hybridized carbons (Fsp3) is 0.600. The highest BCUT2D eigenvalue weighted by atomic mass is 16.1. The molecule has 0 aliphatic carbocycles. The molecule has 3 heteroatoms. The Labute approximate surface area is 110 Å². The largest absolute Gasteiger partial charge is 0.353 e. The van der Waals surface area contributed by atoms with Gasteiger partial charge in [0, 0.05) is 24.3 Å². The van der Waals surface area contributed by atoms with Crippen LogP contribution in [-0.2, 0) is 0 Å². The lowest BCUT2D eigenvalue weighted by Gasteiger charge is -2.33. The fourth-order valence-electron chi connectivity index (χ4n) is 2.19. The standard InChI is InChI=1S/C15H24N2O/c1-5-14(6-2)17(10-12(3)4)15-8-7-13(11-18)9-16-15/h7-9,11-12,14H,5-6,10H2,1-4H3. The maximum atomic E-state index is 10.7. The van der Waals surface area contributed by atoms with Crippen LogP contribution >= 0.6 is 0 Å². The number of carbonyl (C=O) groups excluding carboxylic acids is 1. The maximum Gasteiger partial charge on any atom is 0.151 e. The highest BCUT2D eigenvalue weighted by Gasteiger charge is 2.17. The van der Waals surface area contributed by atoms with Gasteiger partial charge in [0.1, 0.15) is 5.82 Å². The van der Waals surface area contributed by atoms with E-state index in [0.29, 0.717) is 17.5 Å². The topological polar surface area (TPSA) is 33.2 Å². The Hall–Kier alpha value is -1.38. The molecule has 1 aromatic heterocycles. The summed E-state index contributed by atoms with van der Waals surface area (Å²) in [6.45, 7) is 9.85. The Morgan fingerprint density at radius 3 is 2.33 bits per heavy atom. The molecule has 0 bridgehead atoms. The first-order chi connectivity index (χ1) is 8.62. The van der Waals surface area contributed by atoms with Gasteiger partial charge < -0.3 is 4.90 Å². The van der Waals surface area contributed by atoms with Crippen molar-refractivity contribution in [2.75, 3.05) is 11.4 Å². The van der Waals surface area contributed by atoms with E-state index in [1.54, 1.807) is 6.20 Å². The highest BCUT2D eigenvalue weighted by molar-refractivity contribution is 5.74. The van der Waals surface area contributed by atoms with Gasteiger partial charge in [0.15, 0.2) is 6.29 Å². The zero-order valence-electron chi connectivity index (χ0n) is 11.9. The molecule has 3 nitrogen and oxygen atoms in total. The molecule has 18 heavy (non-hydrogen) atoms. The Bertz CT molecular complexity index is 355. The second-order valence-corrected chi connectivity index (χ2v) is 5.08. The van der Waals surface area contributed by atoms with Crippen molar-refractivity contribution in [3.8, 4) is 0 Å². The summed E-state index contributed by atoms with van der Waals surface area (Å²) >= 11 is 0. The van der Waals surface area contributed by atoms with Crippen LogP contribution in [0, 0.1) is 5.92 Å². The summed E-state index contributed by atoms with van der Waals surface area (Å²) in [5.41, 5.74) is 0.632. The van der Waals surface area contributed by atoms with Gasteiger partial charge in [0.2, 0.25) is 0 Å². The van der Waals surface area contributed by atoms with E-state index in [-0.39, 0.29) is 0 Å². The number of carbonyl (C=O) groups is 1. The summed E-state index contributed by atoms with van der Waals surface area (Å²) in [6, 6.07) is 4.30. The molecule has 0 spiro atoms. The van der Waals surface area contributed by atoms with Gasteiger partial charge in [-0.3, -0.25) is 4.79 Å². The SMILES string of the molecule is CCC(CC)N(CC(C)C)c1ccc(C=O)cn1. The summed E-state index contributed by atoms with van der Waals surface area (Å²) < 4.78 is 0. The lowest BCUT2D eigenvalue weighted by Crippen LogP contribution is -2.37. The molecule has 0 aromatic carbocycles. The smallest absolute Gasteiger partial charge is 0.151 e. The van der Waals surface area contributed by atoms with Crippen molar-refractivity contribution >= 4 is 12.1 Å². The predicted molar refractivity (Wildman–Crippen MR) is 76.2 cm³/mol. The Balaban J connectivity index is 2.96. The molecule has 0 saturated heterocycles. The molecule has 0 amide bonds. The molecular formula is C15H24N2O. The van der Waals surface area contributed by atoms with Crippen LogP contribution in [0.4, 0.5) is 5.82 Å². The van der Waals surface area contributed by atoms with E-state index in [2.05, 4.69) is 37.6 Å². The van der Waals surface area contributed by atoms with Crippen LogP contribution in [0.15, 0.2) is 18.3 Å². The second-order valence-electron chi connectivity index (χ2n) is 5.08. The number of nitrogens with zero attached hydrogens (tertiary/aromatic N) is 2. The van der Waals surface area contributed by atoms with Crippen molar-refractivity contribution in [1.82, 2.24) is 4.98 Å². The average molecular weight is 248 g/mol. The van der Waals surface area contributed by atoms with Gasteiger partial charge >= 0.3 is 0 Å². The first-order valence-electron chi connectivity index (χ1n) is 6.80. The lowest BCUT2D eigenvalue weighted by atomic mass is 10.1. The zero-order chi connectivity index (χ0) is 13.5. The molecule has 1 rings (SSSR count). The second kappa shape index (κ2) is 7.14. The molecule has 0 atom stereocenters. The minimum absolute atomic E-state index is 0.516. The van der Waals surface area contributed by atoms with Crippen LogP contribution in [0.5, 0.6) is 0 Å². The normalized spacial score (nSPS) is 11.0. The van der Waals surface area contributed by atoms with E-state index >= 15 is 0 Å².